The number of amidine groups is 2. The number of nitrogens with two attached hydrogens (primary N) is 1. The van der Waals surface area contributed by atoms with E-state index in [2.05, 4.69) is 5.32 Å². The van der Waals surface area contributed by atoms with Crippen molar-refractivity contribution in [3.8, 4) is 11.5 Å². The first-order chi connectivity index (χ1) is 17.2. The topological polar surface area (TPSA) is 162 Å². The Hall–Kier alpha value is -4.08. The number of carbonyl (C=O) groups excluding carboxylic acids is 1. The molecule has 0 aromatic heterocycles. The molecule has 1 amide bonds. The number of aryl methyl sites for hydroxylation is 1. The zero-order valence-corrected chi connectivity index (χ0v) is 20.4. The molecule has 0 saturated carbocycles. The maximum atomic E-state index is 12.5. The fourth-order valence-electron chi connectivity index (χ4n) is 3.92. The number of hydrogen-bond acceptors (Lipinski definition) is 6. The Morgan fingerprint density at radius 2 is 1.78 bits per heavy atom. The molecule has 0 spiro atoms. The summed E-state index contributed by atoms with van der Waals surface area (Å²) in [6.07, 6.45) is 2.04. The van der Waals surface area contributed by atoms with Crippen LogP contribution in [0.4, 0.5) is 0 Å². The molecule has 2 aromatic carbocycles. The van der Waals surface area contributed by atoms with Gasteiger partial charge < -0.3 is 30.5 Å². The fraction of sp³-hybridized carbons (Fsp3) is 0.385. The maximum absolute atomic E-state index is 12.5. The van der Waals surface area contributed by atoms with Crippen molar-refractivity contribution in [1.82, 2.24) is 10.2 Å². The lowest BCUT2D eigenvalue weighted by Crippen LogP contribution is -2.40. The lowest BCUT2D eigenvalue weighted by Gasteiger charge is -2.32. The van der Waals surface area contributed by atoms with Gasteiger partial charge >= 0.3 is 5.97 Å². The minimum Gasteiger partial charge on any atom is -0.491 e. The summed E-state index contributed by atoms with van der Waals surface area (Å²) in [7, 11) is 0. The van der Waals surface area contributed by atoms with E-state index in [0.717, 1.165) is 25.9 Å². The summed E-state index contributed by atoms with van der Waals surface area (Å²) in [6, 6.07) is 11.9. The summed E-state index contributed by atoms with van der Waals surface area (Å²) in [5.41, 5.74) is 7.22. The Kier molecular flexibility index (Phi) is 9.26. The largest absolute Gasteiger partial charge is 0.491 e. The number of likely N-dealkylation sites (tertiary alicyclic amines) is 1. The van der Waals surface area contributed by atoms with E-state index < -0.39 is 5.97 Å². The molecule has 1 fully saturated rings. The van der Waals surface area contributed by atoms with Crippen LogP contribution in [0.3, 0.4) is 0 Å². The van der Waals surface area contributed by atoms with Crippen LogP contribution in [0.15, 0.2) is 42.5 Å². The number of amides is 1. The maximum Gasteiger partial charge on any atom is 0.303 e. The molecule has 0 bridgehead atoms. The molecule has 1 heterocycles. The van der Waals surface area contributed by atoms with Gasteiger partial charge in [-0.15, -0.1) is 0 Å². The van der Waals surface area contributed by atoms with E-state index in [4.69, 9.17) is 31.1 Å². The van der Waals surface area contributed by atoms with E-state index in [1.54, 1.807) is 49.4 Å². The summed E-state index contributed by atoms with van der Waals surface area (Å²) in [4.78, 5) is 25.5. The third-order valence-corrected chi connectivity index (χ3v) is 5.97. The van der Waals surface area contributed by atoms with Gasteiger partial charge in [-0.05, 0) is 49.2 Å². The van der Waals surface area contributed by atoms with Gasteiger partial charge in [0.1, 0.15) is 30.0 Å². The Morgan fingerprint density at radius 3 is 2.39 bits per heavy atom. The lowest BCUT2D eigenvalue weighted by atomic mass is 10.1. The number of piperidine rings is 1. The van der Waals surface area contributed by atoms with Gasteiger partial charge in [0, 0.05) is 43.5 Å². The summed E-state index contributed by atoms with van der Waals surface area (Å²) < 4.78 is 11.8. The van der Waals surface area contributed by atoms with Crippen LogP contribution in [0.1, 0.15) is 47.7 Å². The molecule has 192 valence electrons. The van der Waals surface area contributed by atoms with Gasteiger partial charge in [0.2, 0.25) is 0 Å². The molecule has 0 aliphatic carbocycles. The molecule has 36 heavy (non-hydrogen) atoms. The number of carbonyl (C=O) groups is 2. The molecule has 10 nitrogen and oxygen atoms in total. The second-order valence-electron chi connectivity index (χ2n) is 8.65. The predicted octanol–water partition coefficient (Wildman–Crippen LogP) is 2.64. The monoisotopic (exact) mass is 495 g/mol. The van der Waals surface area contributed by atoms with E-state index >= 15 is 0 Å². The molecule has 0 atom stereocenters. The van der Waals surface area contributed by atoms with Crippen LogP contribution in [0.25, 0.3) is 0 Å². The van der Waals surface area contributed by atoms with Crippen LogP contribution >= 0.6 is 0 Å². The first-order valence-corrected chi connectivity index (χ1v) is 11.9. The van der Waals surface area contributed by atoms with Crippen molar-refractivity contribution < 1.29 is 24.2 Å². The summed E-state index contributed by atoms with van der Waals surface area (Å²) in [5.74, 6) is 0.460. The quantitative estimate of drug-likeness (QED) is 0.182. The number of rotatable bonds is 11. The summed E-state index contributed by atoms with van der Waals surface area (Å²) in [5, 5.41) is 27.1. The van der Waals surface area contributed by atoms with E-state index in [-0.39, 0.29) is 43.8 Å². The van der Waals surface area contributed by atoms with Crippen LogP contribution in [0.5, 0.6) is 11.5 Å². The third-order valence-electron chi connectivity index (χ3n) is 5.97. The number of nitrogen functional groups attached to an aromatic ring is 1. The van der Waals surface area contributed by atoms with Crippen molar-refractivity contribution in [2.75, 3.05) is 26.2 Å². The van der Waals surface area contributed by atoms with Gasteiger partial charge in [-0.2, -0.15) is 0 Å². The third kappa shape index (κ3) is 7.72. The molecular weight excluding hydrogens is 462 g/mol. The molecule has 1 aliphatic rings. The van der Waals surface area contributed by atoms with Crippen molar-refractivity contribution in [2.45, 2.75) is 38.7 Å². The molecule has 10 heteroatoms. The average molecular weight is 496 g/mol. The first kappa shape index (κ1) is 26.5. The Bertz CT molecular complexity index is 1090. The number of benzene rings is 2. The van der Waals surface area contributed by atoms with Crippen LogP contribution in [0, 0.1) is 10.8 Å². The molecular formula is C26H33N5O5. The SMILES string of the molecule is CC(=N)N1CCC(Oc2ccc(C(=O)NCCOc3cc(C(=N)N)ccc3CCC(=O)O)cc2)CC1. The normalized spacial score (nSPS) is 13.6. The Morgan fingerprint density at radius 1 is 1.11 bits per heavy atom. The summed E-state index contributed by atoms with van der Waals surface area (Å²) >= 11 is 0. The van der Waals surface area contributed by atoms with Crippen molar-refractivity contribution in [3.05, 3.63) is 59.2 Å². The fourth-order valence-corrected chi connectivity index (χ4v) is 3.92. The number of nitrogens with zero attached hydrogens (tertiary/aromatic N) is 1. The smallest absolute Gasteiger partial charge is 0.303 e. The van der Waals surface area contributed by atoms with E-state index in [1.165, 1.54) is 0 Å². The molecule has 6 N–H and O–H groups in total. The van der Waals surface area contributed by atoms with Gasteiger partial charge in [-0.3, -0.25) is 20.4 Å². The van der Waals surface area contributed by atoms with Crippen molar-refractivity contribution in [1.29, 1.82) is 10.8 Å². The van der Waals surface area contributed by atoms with Crippen LogP contribution in [-0.4, -0.2) is 65.9 Å². The second kappa shape index (κ2) is 12.6. The van der Waals surface area contributed by atoms with Crippen LogP contribution < -0.4 is 20.5 Å². The standard InChI is InChI=1S/C26H33N5O5/c1-17(27)31-13-10-22(11-14-31)36-21-7-4-19(5-8-21)26(34)30-12-15-35-23-16-20(25(28)29)3-2-18(23)6-9-24(32)33/h2-5,7-8,16,22,27H,6,9-15H2,1H3,(H3,28,29)(H,30,34)(H,32,33). The zero-order chi connectivity index (χ0) is 26.1. The van der Waals surface area contributed by atoms with E-state index in [0.29, 0.717) is 34.0 Å². The van der Waals surface area contributed by atoms with Crippen molar-refractivity contribution in [2.24, 2.45) is 5.73 Å². The number of carboxylic acids is 1. The van der Waals surface area contributed by atoms with Crippen molar-refractivity contribution >= 4 is 23.5 Å². The molecule has 1 aliphatic heterocycles. The lowest BCUT2D eigenvalue weighted by molar-refractivity contribution is -0.136. The van der Waals surface area contributed by atoms with Gasteiger partial charge in [0.05, 0.1) is 12.4 Å². The van der Waals surface area contributed by atoms with Gasteiger partial charge in [-0.25, -0.2) is 0 Å². The minimum absolute atomic E-state index is 0.0468. The second-order valence-corrected chi connectivity index (χ2v) is 8.65. The number of ether oxygens (including phenoxy) is 2. The van der Waals surface area contributed by atoms with E-state index in [1.807, 2.05) is 4.90 Å². The number of nitrogens with one attached hydrogen (secondary N) is 3. The first-order valence-electron chi connectivity index (χ1n) is 11.9. The Balaban J connectivity index is 1.47. The molecule has 0 unspecified atom stereocenters. The molecule has 1 saturated heterocycles. The summed E-state index contributed by atoms with van der Waals surface area (Å²) in [6.45, 7) is 3.82. The highest BCUT2D eigenvalue weighted by molar-refractivity contribution is 5.95. The highest BCUT2D eigenvalue weighted by Crippen LogP contribution is 2.22. The van der Waals surface area contributed by atoms with Crippen LogP contribution in [0.2, 0.25) is 0 Å². The molecule has 0 radical (unpaired) electrons. The number of carboxylic acid groups (broad SMARTS) is 1. The van der Waals surface area contributed by atoms with Crippen LogP contribution in [-0.2, 0) is 11.2 Å². The number of aliphatic carboxylic acids is 1. The molecule has 3 rings (SSSR count). The van der Waals surface area contributed by atoms with E-state index in [9.17, 15) is 9.59 Å². The van der Waals surface area contributed by atoms with Crippen molar-refractivity contribution in [3.63, 3.8) is 0 Å². The van der Waals surface area contributed by atoms with Gasteiger partial charge in [0.25, 0.3) is 5.91 Å². The zero-order valence-electron chi connectivity index (χ0n) is 20.4. The highest BCUT2D eigenvalue weighted by Gasteiger charge is 2.20. The Labute approximate surface area is 210 Å². The number of hydrogen-bond donors (Lipinski definition) is 5. The van der Waals surface area contributed by atoms with Gasteiger partial charge in [-0.1, -0.05) is 12.1 Å². The minimum atomic E-state index is -0.913. The van der Waals surface area contributed by atoms with Gasteiger partial charge in [0.15, 0.2) is 0 Å². The highest BCUT2D eigenvalue weighted by atomic mass is 16.5. The predicted molar refractivity (Wildman–Crippen MR) is 136 cm³/mol. The average Bonchev–Trinajstić information content (AvgIpc) is 2.86. The molecule has 2 aromatic rings.